The Labute approximate surface area is 59.3 Å². The van der Waals surface area contributed by atoms with E-state index < -0.39 is 7.82 Å². The number of nitrogens with zero attached hydrogens (tertiary/aromatic N) is 1. The van der Waals surface area contributed by atoms with Crippen LogP contribution >= 0.6 is 7.82 Å². The lowest BCUT2D eigenvalue weighted by atomic mass is 11.3. The van der Waals surface area contributed by atoms with Crippen molar-refractivity contribution in [2.45, 2.75) is 0 Å². The van der Waals surface area contributed by atoms with Crippen molar-refractivity contribution in [2.24, 2.45) is 0 Å². The third kappa shape index (κ3) is 2.95. The van der Waals surface area contributed by atoms with E-state index in [2.05, 4.69) is 18.4 Å². The Morgan fingerprint density at radius 2 is 2.00 bits per heavy atom. The van der Waals surface area contributed by atoms with E-state index in [-0.39, 0.29) is 6.73 Å². The summed E-state index contributed by atoms with van der Waals surface area (Å²) in [6.07, 6.45) is 0. The van der Waals surface area contributed by atoms with E-state index in [1.807, 2.05) is 0 Å². The molecule has 6 heteroatoms. The van der Waals surface area contributed by atoms with Gasteiger partial charge >= 0.3 is 14.6 Å². The van der Waals surface area contributed by atoms with Crippen LogP contribution in [0.2, 0.25) is 0 Å². The molecule has 0 aromatic rings. The summed E-state index contributed by atoms with van der Waals surface area (Å²) in [4.78, 5) is 2.81. The van der Waals surface area contributed by atoms with Crippen molar-refractivity contribution in [1.29, 1.82) is 0 Å². The first kappa shape index (κ1) is 9.60. The molecule has 5 nitrogen and oxygen atoms in total. The second kappa shape index (κ2) is 4.42. The zero-order valence-corrected chi connectivity index (χ0v) is 6.63. The fourth-order valence-electron chi connectivity index (χ4n) is 0.280. The lowest BCUT2D eigenvalue weighted by Crippen LogP contribution is -1.93. The first-order valence-electron chi connectivity index (χ1n) is 2.38. The normalized spacial score (nSPS) is 10.9. The van der Waals surface area contributed by atoms with Crippen molar-refractivity contribution in [3.8, 4) is 0 Å². The molecular formula is C4H8NO4P. The molecule has 58 valence electrons. The standard InChI is InChI=1S/C4H8NO4P/c1-5-4-9-10(6,7-2)8-3/h4H2,2-3H3. The summed E-state index contributed by atoms with van der Waals surface area (Å²) in [5.41, 5.74) is 0. The van der Waals surface area contributed by atoms with Gasteiger partial charge in [0.2, 0.25) is 0 Å². The maximum Gasteiger partial charge on any atom is 0.480 e. The molecule has 0 atom stereocenters. The Balaban J connectivity index is 3.85. The molecule has 10 heavy (non-hydrogen) atoms. The predicted octanol–water partition coefficient (Wildman–Crippen LogP) is 1.28. The van der Waals surface area contributed by atoms with Crippen molar-refractivity contribution in [3.63, 3.8) is 0 Å². The molecule has 0 heterocycles. The molecule has 0 fully saturated rings. The van der Waals surface area contributed by atoms with Crippen LogP contribution in [-0.4, -0.2) is 21.0 Å². The van der Waals surface area contributed by atoms with Gasteiger partial charge < -0.3 is 0 Å². The van der Waals surface area contributed by atoms with Crippen LogP contribution in [0.25, 0.3) is 4.85 Å². The van der Waals surface area contributed by atoms with E-state index >= 15 is 0 Å². The van der Waals surface area contributed by atoms with Gasteiger partial charge in [-0.2, -0.15) is 0 Å². The van der Waals surface area contributed by atoms with Gasteiger partial charge in [0.25, 0.3) is 0 Å². The quantitative estimate of drug-likeness (QED) is 0.465. The Morgan fingerprint density at radius 1 is 1.50 bits per heavy atom. The summed E-state index contributed by atoms with van der Waals surface area (Å²) >= 11 is 0. The maximum absolute atomic E-state index is 10.9. The SMILES string of the molecule is [C-]#[N+]COP(=O)(OC)OC. The number of rotatable bonds is 4. The average molecular weight is 165 g/mol. The Bertz CT molecular complexity index is 167. The van der Waals surface area contributed by atoms with E-state index in [0.29, 0.717) is 0 Å². The van der Waals surface area contributed by atoms with Gasteiger partial charge in [0.05, 0.1) is 0 Å². The molecule has 0 aromatic carbocycles. The van der Waals surface area contributed by atoms with Crippen molar-refractivity contribution < 1.29 is 18.1 Å². The highest BCUT2D eigenvalue weighted by molar-refractivity contribution is 7.48. The number of hydrogen-bond donors (Lipinski definition) is 0. The van der Waals surface area contributed by atoms with Gasteiger partial charge in [0.1, 0.15) is 0 Å². The molecule has 0 radical (unpaired) electrons. The van der Waals surface area contributed by atoms with Crippen LogP contribution in [-0.2, 0) is 18.1 Å². The number of phosphoric acid groups is 1. The summed E-state index contributed by atoms with van der Waals surface area (Å²) in [5, 5.41) is 0. The van der Waals surface area contributed by atoms with Crippen LogP contribution in [0.5, 0.6) is 0 Å². The molecule has 0 unspecified atom stereocenters. The van der Waals surface area contributed by atoms with E-state index in [1.54, 1.807) is 0 Å². The zero-order chi connectivity index (χ0) is 8.04. The highest BCUT2D eigenvalue weighted by atomic mass is 31.2. The molecule has 0 amide bonds. The van der Waals surface area contributed by atoms with Crippen molar-refractivity contribution in [3.05, 3.63) is 11.4 Å². The monoisotopic (exact) mass is 165 g/mol. The molecule has 0 bridgehead atoms. The summed E-state index contributed by atoms with van der Waals surface area (Å²) < 4.78 is 24.0. The lowest BCUT2D eigenvalue weighted by Gasteiger charge is -2.08. The van der Waals surface area contributed by atoms with Gasteiger partial charge in [-0.15, -0.1) is 0 Å². The third-order valence-electron chi connectivity index (χ3n) is 0.728. The van der Waals surface area contributed by atoms with Crippen molar-refractivity contribution >= 4 is 7.82 Å². The Hall–Kier alpha value is -0.400. The fraction of sp³-hybridized carbons (Fsp3) is 0.750. The third-order valence-corrected chi connectivity index (χ3v) is 2.05. The fourth-order valence-corrected chi connectivity index (χ4v) is 0.839. The summed E-state index contributed by atoms with van der Waals surface area (Å²) in [7, 11) is -1.03. The minimum atomic E-state index is -3.41. The van der Waals surface area contributed by atoms with Crippen LogP contribution in [0.15, 0.2) is 0 Å². The van der Waals surface area contributed by atoms with Crippen LogP contribution in [0.4, 0.5) is 0 Å². The molecule has 0 aliphatic rings. The largest absolute Gasteiger partial charge is 0.480 e. The second-order valence-corrected chi connectivity index (χ2v) is 3.11. The average Bonchev–Trinajstić information content (AvgIpc) is 2.00. The maximum atomic E-state index is 10.9. The first-order valence-corrected chi connectivity index (χ1v) is 3.84. The smallest absolute Gasteiger partial charge is 0.290 e. The zero-order valence-electron chi connectivity index (χ0n) is 5.73. The van der Waals surface area contributed by atoms with Crippen LogP contribution in [0, 0.1) is 6.57 Å². The molecule has 0 saturated heterocycles. The summed E-state index contributed by atoms with van der Waals surface area (Å²) in [6, 6.07) is 0. The van der Waals surface area contributed by atoms with E-state index in [0.717, 1.165) is 0 Å². The summed E-state index contributed by atoms with van der Waals surface area (Å²) in [6.45, 7) is 5.98. The number of hydrogen-bond acceptors (Lipinski definition) is 4. The molecular weight excluding hydrogens is 157 g/mol. The van der Waals surface area contributed by atoms with E-state index in [9.17, 15) is 4.57 Å². The van der Waals surface area contributed by atoms with Gasteiger partial charge in [-0.25, -0.2) is 15.7 Å². The van der Waals surface area contributed by atoms with Crippen LogP contribution in [0.3, 0.4) is 0 Å². The van der Waals surface area contributed by atoms with Gasteiger partial charge in [-0.3, -0.25) is 13.9 Å². The highest BCUT2D eigenvalue weighted by Crippen LogP contribution is 2.47. The van der Waals surface area contributed by atoms with Gasteiger partial charge in [-0.05, 0) is 0 Å². The molecule has 0 aliphatic heterocycles. The molecule has 0 rings (SSSR count). The molecule has 0 aliphatic carbocycles. The number of phosphoric ester groups is 1. The topological polar surface area (TPSA) is 49.1 Å². The van der Waals surface area contributed by atoms with Crippen molar-refractivity contribution in [2.75, 3.05) is 21.0 Å². The van der Waals surface area contributed by atoms with E-state index in [1.165, 1.54) is 14.2 Å². The molecule has 0 aromatic heterocycles. The summed E-state index contributed by atoms with van der Waals surface area (Å²) in [5.74, 6) is 0. The van der Waals surface area contributed by atoms with Crippen LogP contribution in [0.1, 0.15) is 0 Å². The first-order chi connectivity index (χ1) is 4.68. The van der Waals surface area contributed by atoms with Crippen molar-refractivity contribution in [1.82, 2.24) is 0 Å². The lowest BCUT2D eigenvalue weighted by molar-refractivity contribution is 0.164. The van der Waals surface area contributed by atoms with Gasteiger partial charge in [0, 0.05) is 14.2 Å². The molecule has 0 N–H and O–H groups in total. The van der Waals surface area contributed by atoms with Gasteiger partial charge in [-0.1, -0.05) is 0 Å². The van der Waals surface area contributed by atoms with Crippen LogP contribution < -0.4 is 0 Å². The predicted molar refractivity (Wildman–Crippen MR) is 34.2 cm³/mol. The minimum absolute atomic E-state index is 0.320. The van der Waals surface area contributed by atoms with E-state index in [4.69, 9.17) is 6.57 Å². The minimum Gasteiger partial charge on any atom is -0.290 e. The molecule has 0 spiro atoms. The molecule has 0 saturated carbocycles. The highest BCUT2D eigenvalue weighted by Gasteiger charge is 2.23. The Kier molecular flexibility index (Phi) is 4.24. The second-order valence-electron chi connectivity index (χ2n) is 1.23. The van der Waals surface area contributed by atoms with Gasteiger partial charge in [0.15, 0.2) is 0 Å². The Morgan fingerprint density at radius 3 is 2.30 bits per heavy atom.